The van der Waals surface area contributed by atoms with Crippen LogP contribution in [0.1, 0.15) is 20.0 Å². The molecule has 1 heterocycles. The van der Waals surface area contributed by atoms with Gasteiger partial charge in [0.25, 0.3) is 5.91 Å². The van der Waals surface area contributed by atoms with E-state index in [-0.39, 0.29) is 27.0 Å². The molecule has 0 saturated heterocycles. The first kappa shape index (κ1) is 16.9. The predicted molar refractivity (Wildman–Crippen MR) is 95.6 cm³/mol. The number of carboxylic acids is 1. The number of carbonyl (C=O) groups excluding carboxylic acids is 1. The van der Waals surface area contributed by atoms with E-state index in [1.807, 2.05) is 0 Å². The first-order valence-corrected chi connectivity index (χ1v) is 8.24. The van der Waals surface area contributed by atoms with Crippen LogP contribution in [0.15, 0.2) is 48.5 Å². The molecule has 0 aliphatic rings. The molecule has 0 spiro atoms. The van der Waals surface area contributed by atoms with Crippen molar-refractivity contribution in [2.75, 3.05) is 5.32 Å². The Morgan fingerprint density at radius 2 is 1.84 bits per heavy atom. The third-order valence-electron chi connectivity index (χ3n) is 3.29. The van der Waals surface area contributed by atoms with Gasteiger partial charge in [-0.15, -0.1) is 0 Å². The summed E-state index contributed by atoms with van der Waals surface area (Å²) < 4.78 is 0. The number of carbonyl (C=O) groups is 2. The molecule has 0 saturated carbocycles. The zero-order valence-electron chi connectivity index (χ0n) is 12.6. The molecule has 1 amide bonds. The average molecular weight is 375 g/mol. The minimum atomic E-state index is -1.14. The van der Waals surface area contributed by atoms with Crippen molar-refractivity contribution < 1.29 is 19.8 Å². The van der Waals surface area contributed by atoms with E-state index in [1.165, 1.54) is 18.2 Å². The number of rotatable bonds is 4. The van der Waals surface area contributed by atoms with Gasteiger partial charge in [-0.2, -0.15) is 0 Å². The lowest BCUT2D eigenvalue weighted by Crippen LogP contribution is -2.11. The molecule has 3 rings (SSSR count). The highest BCUT2D eigenvalue weighted by Crippen LogP contribution is 2.32. The molecule has 0 radical (unpaired) electrons. The van der Waals surface area contributed by atoms with Crippen molar-refractivity contribution in [1.82, 2.24) is 4.98 Å². The van der Waals surface area contributed by atoms with Crippen LogP contribution in [0.5, 0.6) is 5.75 Å². The monoisotopic (exact) mass is 374 g/mol. The van der Waals surface area contributed by atoms with Gasteiger partial charge < -0.3 is 10.2 Å². The molecule has 0 unspecified atom stereocenters. The lowest BCUT2D eigenvalue weighted by Gasteiger charge is -2.04. The summed E-state index contributed by atoms with van der Waals surface area (Å²) in [4.78, 5) is 28.0. The second kappa shape index (κ2) is 6.92. The molecule has 126 valence electrons. The number of anilines is 1. The molecule has 25 heavy (non-hydrogen) atoms. The molecule has 0 aliphatic heterocycles. The summed E-state index contributed by atoms with van der Waals surface area (Å²) in [6.07, 6.45) is 0. The van der Waals surface area contributed by atoms with Crippen molar-refractivity contribution >= 4 is 39.9 Å². The zero-order chi connectivity index (χ0) is 18.0. The van der Waals surface area contributed by atoms with Crippen molar-refractivity contribution in [3.05, 3.63) is 64.0 Å². The van der Waals surface area contributed by atoms with Crippen LogP contribution in [0.3, 0.4) is 0 Å². The normalized spacial score (nSPS) is 10.4. The van der Waals surface area contributed by atoms with E-state index in [1.54, 1.807) is 30.3 Å². The van der Waals surface area contributed by atoms with Crippen LogP contribution in [0.2, 0.25) is 5.02 Å². The van der Waals surface area contributed by atoms with Gasteiger partial charge in [-0.05, 0) is 18.2 Å². The Morgan fingerprint density at radius 1 is 1.12 bits per heavy atom. The minimum absolute atomic E-state index is 0.0109. The first-order valence-electron chi connectivity index (χ1n) is 7.05. The molecule has 8 heteroatoms. The van der Waals surface area contributed by atoms with Crippen molar-refractivity contribution in [3.63, 3.8) is 0 Å². The number of aromatic hydroxyl groups is 1. The number of halogens is 1. The summed E-state index contributed by atoms with van der Waals surface area (Å²) in [7, 11) is 0. The van der Waals surface area contributed by atoms with E-state index in [4.69, 9.17) is 11.6 Å². The Kier molecular flexibility index (Phi) is 4.69. The Labute approximate surface area is 151 Å². The summed E-state index contributed by atoms with van der Waals surface area (Å²) in [6.45, 7) is 0. The van der Waals surface area contributed by atoms with Gasteiger partial charge in [-0.3, -0.25) is 10.1 Å². The first-order chi connectivity index (χ1) is 12.0. The Balaban J connectivity index is 1.95. The van der Waals surface area contributed by atoms with Crippen molar-refractivity contribution in [2.45, 2.75) is 0 Å². The number of benzene rings is 2. The number of hydrogen-bond donors (Lipinski definition) is 3. The number of hydrogen-bond acceptors (Lipinski definition) is 5. The topological polar surface area (TPSA) is 99.5 Å². The van der Waals surface area contributed by atoms with Crippen molar-refractivity contribution in [3.8, 4) is 17.0 Å². The average Bonchev–Trinajstić information content (AvgIpc) is 3.02. The van der Waals surface area contributed by atoms with E-state index in [0.717, 1.165) is 11.3 Å². The number of aromatic nitrogens is 1. The Hall–Kier alpha value is -2.90. The predicted octanol–water partition coefficient (Wildman–Crippen LogP) is 4.12. The number of phenols is 1. The standard InChI is InChI=1S/C17H11ClN2O4S/c18-10-6-7-12(21)11(8-10)15(22)20-17-19-13(14(25-17)16(23)24)9-4-2-1-3-5-9/h1-8,21H,(H,23,24)(H,19,20,22). The van der Waals surface area contributed by atoms with Gasteiger partial charge in [0, 0.05) is 10.6 Å². The lowest BCUT2D eigenvalue weighted by atomic mass is 10.1. The van der Waals surface area contributed by atoms with E-state index < -0.39 is 11.9 Å². The second-order valence-corrected chi connectivity index (χ2v) is 6.42. The number of amides is 1. The van der Waals surface area contributed by atoms with Crippen LogP contribution in [0, 0.1) is 0 Å². The summed E-state index contributed by atoms with van der Waals surface area (Å²) in [5.41, 5.74) is 0.867. The maximum Gasteiger partial charge on any atom is 0.348 e. The van der Waals surface area contributed by atoms with Gasteiger partial charge >= 0.3 is 5.97 Å². The number of aromatic carboxylic acids is 1. The van der Waals surface area contributed by atoms with Gasteiger partial charge in [-0.25, -0.2) is 9.78 Å². The highest BCUT2D eigenvalue weighted by atomic mass is 35.5. The number of phenolic OH excluding ortho intramolecular Hbond substituents is 1. The third-order valence-corrected chi connectivity index (χ3v) is 4.49. The maximum atomic E-state index is 12.3. The van der Waals surface area contributed by atoms with E-state index >= 15 is 0 Å². The largest absolute Gasteiger partial charge is 0.507 e. The molecule has 3 N–H and O–H groups in total. The van der Waals surface area contributed by atoms with Crippen LogP contribution >= 0.6 is 22.9 Å². The van der Waals surface area contributed by atoms with Crippen molar-refractivity contribution in [1.29, 1.82) is 0 Å². The third kappa shape index (κ3) is 3.62. The van der Waals surface area contributed by atoms with Crippen LogP contribution in [-0.4, -0.2) is 27.1 Å². The van der Waals surface area contributed by atoms with Gasteiger partial charge in [-0.1, -0.05) is 53.3 Å². The summed E-state index contributed by atoms with van der Waals surface area (Å²) in [5, 5.41) is 22.1. The highest BCUT2D eigenvalue weighted by molar-refractivity contribution is 7.18. The number of nitrogens with one attached hydrogen (secondary N) is 1. The summed E-state index contributed by atoms with van der Waals surface area (Å²) in [5.74, 6) is -2.01. The quantitative estimate of drug-likeness (QED) is 0.637. The van der Waals surface area contributed by atoms with Crippen LogP contribution in [0.25, 0.3) is 11.3 Å². The molecule has 1 aromatic heterocycles. The highest BCUT2D eigenvalue weighted by Gasteiger charge is 2.21. The van der Waals surface area contributed by atoms with Crippen LogP contribution in [0.4, 0.5) is 5.13 Å². The minimum Gasteiger partial charge on any atom is -0.507 e. The molecule has 0 fully saturated rings. The smallest absolute Gasteiger partial charge is 0.348 e. The number of thiazole rings is 1. The van der Waals surface area contributed by atoms with E-state index in [9.17, 15) is 19.8 Å². The van der Waals surface area contributed by atoms with Crippen LogP contribution in [-0.2, 0) is 0 Å². The molecule has 3 aromatic rings. The molecular weight excluding hydrogens is 364 g/mol. The van der Waals surface area contributed by atoms with E-state index in [2.05, 4.69) is 10.3 Å². The maximum absolute atomic E-state index is 12.3. The fourth-order valence-electron chi connectivity index (χ4n) is 2.16. The zero-order valence-corrected chi connectivity index (χ0v) is 14.1. The number of nitrogens with zero attached hydrogens (tertiary/aromatic N) is 1. The van der Waals surface area contributed by atoms with Crippen molar-refractivity contribution in [2.24, 2.45) is 0 Å². The van der Waals surface area contributed by atoms with Gasteiger partial charge in [0.05, 0.1) is 11.3 Å². The lowest BCUT2D eigenvalue weighted by molar-refractivity contribution is 0.0702. The van der Waals surface area contributed by atoms with Crippen LogP contribution < -0.4 is 5.32 Å². The van der Waals surface area contributed by atoms with Gasteiger partial charge in [0.1, 0.15) is 10.6 Å². The van der Waals surface area contributed by atoms with Gasteiger partial charge in [0.2, 0.25) is 0 Å². The fraction of sp³-hybridized carbons (Fsp3) is 0. The summed E-state index contributed by atoms with van der Waals surface area (Å²) in [6, 6.07) is 12.9. The van der Waals surface area contributed by atoms with E-state index in [0.29, 0.717) is 10.6 Å². The molecule has 0 bridgehead atoms. The molecule has 6 nitrogen and oxygen atoms in total. The summed E-state index contributed by atoms with van der Waals surface area (Å²) >= 11 is 6.67. The molecule has 0 atom stereocenters. The Bertz CT molecular complexity index is 957. The second-order valence-electron chi connectivity index (χ2n) is 4.98. The number of carboxylic acid groups (broad SMARTS) is 1. The molecule has 2 aromatic carbocycles. The van der Waals surface area contributed by atoms with Gasteiger partial charge in [0.15, 0.2) is 5.13 Å². The fourth-order valence-corrected chi connectivity index (χ4v) is 3.16. The Morgan fingerprint density at radius 3 is 2.52 bits per heavy atom. The molecule has 0 aliphatic carbocycles. The SMILES string of the molecule is O=C(Nc1nc(-c2ccccc2)c(C(=O)O)s1)c1cc(Cl)ccc1O. The molecular formula is C17H11ClN2O4S.